The van der Waals surface area contributed by atoms with Crippen LogP contribution in [0, 0.1) is 0 Å². The van der Waals surface area contributed by atoms with Crippen LogP contribution in [-0.2, 0) is 11.2 Å². The number of aliphatic hydroxyl groups is 1. The molecule has 5 rings (SSSR count). The summed E-state index contributed by atoms with van der Waals surface area (Å²) in [4.78, 5) is 36.3. The summed E-state index contributed by atoms with van der Waals surface area (Å²) in [7, 11) is 0. The molecule has 1 aromatic carbocycles. The molecule has 1 atom stereocenters. The van der Waals surface area contributed by atoms with Crippen LogP contribution < -0.4 is 10.2 Å². The third-order valence-electron chi connectivity index (χ3n) is 9.15. The van der Waals surface area contributed by atoms with Crippen molar-refractivity contribution < 1.29 is 19.7 Å². The van der Waals surface area contributed by atoms with E-state index in [1.165, 1.54) is 44.6 Å². The Balaban J connectivity index is 0.888. The van der Waals surface area contributed by atoms with Crippen molar-refractivity contribution >= 4 is 38.8 Å². The molecule has 12 heteroatoms. The zero-order chi connectivity index (χ0) is 31.6. The van der Waals surface area contributed by atoms with Crippen molar-refractivity contribution in [1.29, 1.82) is 0 Å². The Morgan fingerprint density at radius 1 is 1.13 bits per heavy atom. The number of rotatable bonds is 16. The van der Waals surface area contributed by atoms with E-state index < -0.39 is 6.10 Å². The van der Waals surface area contributed by atoms with Gasteiger partial charge in [0.1, 0.15) is 17.0 Å². The van der Waals surface area contributed by atoms with Crippen LogP contribution in [0.1, 0.15) is 98.3 Å². The van der Waals surface area contributed by atoms with Crippen molar-refractivity contribution in [3.05, 3.63) is 43.4 Å². The molecule has 0 bridgehead atoms. The molecule has 45 heavy (non-hydrogen) atoms. The number of benzene rings is 1. The molecule has 2 fully saturated rings. The van der Waals surface area contributed by atoms with Crippen molar-refractivity contribution in [2.75, 3.05) is 52.4 Å². The fourth-order valence-corrected chi connectivity index (χ4v) is 8.32. The summed E-state index contributed by atoms with van der Waals surface area (Å²) in [5, 5.41) is 26.8. The number of H-pyrrole nitrogens is 1. The number of aromatic hydroxyl groups is 1. The molecule has 0 saturated carbocycles. The second-order valence-electron chi connectivity index (χ2n) is 12.6. The van der Waals surface area contributed by atoms with Gasteiger partial charge in [-0.25, -0.2) is 4.98 Å². The van der Waals surface area contributed by atoms with Gasteiger partial charge in [0.25, 0.3) is 5.91 Å². The van der Waals surface area contributed by atoms with E-state index in [1.807, 2.05) is 10.3 Å². The van der Waals surface area contributed by atoms with E-state index in [2.05, 4.69) is 27.1 Å². The first-order valence-electron chi connectivity index (χ1n) is 16.7. The predicted molar refractivity (Wildman–Crippen MR) is 181 cm³/mol. The molecular formula is C33H49N5O5S2. The normalized spacial score (nSPS) is 17.8. The van der Waals surface area contributed by atoms with Gasteiger partial charge in [-0.1, -0.05) is 56.4 Å². The number of aliphatic hydroxyl groups excluding tert-OH is 1. The number of morpholine rings is 1. The zero-order valence-electron chi connectivity index (χ0n) is 26.5. The Morgan fingerprint density at radius 2 is 1.89 bits per heavy atom. The van der Waals surface area contributed by atoms with E-state index in [0.29, 0.717) is 47.7 Å². The molecule has 248 valence electrons. The number of nitrogens with zero attached hydrogens (tertiary/aromatic N) is 3. The number of piperidine rings is 1. The van der Waals surface area contributed by atoms with Crippen LogP contribution in [-0.4, -0.2) is 93.9 Å². The summed E-state index contributed by atoms with van der Waals surface area (Å²) in [6.07, 6.45) is 11.7. The number of aromatic amines is 1. The lowest BCUT2D eigenvalue weighted by Crippen LogP contribution is -2.58. The number of carbonyl (C=O) groups is 1. The first-order chi connectivity index (χ1) is 21.9. The number of carbonyl (C=O) groups excluding carboxylic acids is 1. The fourth-order valence-electron chi connectivity index (χ4n) is 6.52. The highest BCUT2D eigenvalue weighted by Crippen LogP contribution is 2.32. The Bertz CT molecular complexity index is 1430. The van der Waals surface area contributed by atoms with E-state index >= 15 is 0 Å². The van der Waals surface area contributed by atoms with Crippen molar-refractivity contribution in [2.45, 2.75) is 89.3 Å². The lowest BCUT2D eigenvalue weighted by molar-refractivity contribution is -0.127. The van der Waals surface area contributed by atoms with Crippen LogP contribution in [0.3, 0.4) is 0 Å². The molecule has 2 saturated heterocycles. The van der Waals surface area contributed by atoms with E-state index in [-0.39, 0.29) is 22.1 Å². The summed E-state index contributed by atoms with van der Waals surface area (Å²) in [6.45, 7) is 8.53. The van der Waals surface area contributed by atoms with E-state index in [0.717, 1.165) is 74.6 Å². The molecule has 1 spiro atoms. The number of hydrogen-bond acceptors (Lipinski definition) is 10. The van der Waals surface area contributed by atoms with Crippen LogP contribution >= 0.6 is 22.7 Å². The molecule has 2 aliphatic rings. The molecule has 0 aliphatic carbocycles. The summed E-state index contributed by atoms with van der Waals surface area (Å²) in [5.41, 5.74) is 1.45. The largest absolute Gasteiger partial charge is 0.506 e. The summed E-state index contributed by atoms with van der Waals surface area (Å²) < 4.78 is 6.91. The van der Waals surface area contributed by atoms with Crippen LogP contribution in [0.15, 0.2) is 22.3 Å². The number of phenolic OH excluding ortho intramolecular Hbond substituents is 1. The van der Waals surface area contributed by atoms with Crippen molar-refractivity contribution in [3.8, 4) is 5.75 Å². The topological polar surface area (TPSA) is 131 Å². The van der Waals surface area contributed by atoms with Gasteiger partial charge < -0.3 is 35.1 Å². The Hall–Kier alpha value is -2.35. The SMILES string of the molecule is CCCc1nc(C(=O)N2CCOC3(CCN(CCCCCCCCCNC[C@H](O)c4ccc(O)c5[nH]c(=O)sc45)CC3)C2)cs1. The molecule has 2 aromatic heterocycles. The molecule has 3 aromatic rings. The van der Waals surface area contributed by atoms with E-state index in [9.17, 15) is 19.8 Å². The zero-order valence-corrected chi connectivity index (χ0v) is 28.2. The maximum Gasteiger partial charge on any atom is 0.305 e. The molecule has 1 amide bonds. The predicted octanol–water partition coefficient (Wildman–Crippen LogP) is 5.07. The summed E-state index contributed by atoms with van der Waals surface area (Å²) in [5.74, 6) is 0.0797. The first kappa shape index (κ1) is 34.0. The smallest absolute Gasteiger partial charge is 0.305 e. The van der Waals surface area contributed by atoms with Crippen molar-refractivity contribution in [3.63, 3.8) is 0 Å². The quantitative estimate of drug-likeness (QED) is 0.157. The van der Waals surface area contributed by atoms with E-state index in [1.54, 1.807) is 17.4 Å². The molecule has 0 unspecified atom stereocenters. The average molecular weight is 660 g/mol. The minimum absolute atomic E-state index is 0.0252. The number of fused-ring (bicyclic) bond motifs is 1. The van der Waals surface area contributed by atoms with Crippen molar-refractivity contribution in [2.24, 2.45) is 0 Å². The van der Waals surface area contributed by atoms with Gasteiger partial charge in [0.05, 0.1) is 34.6 Å². The Morgan fingerprint density at radius 3 is 2.67 bits per heavy atom. The first-order valence-corrected chi connectivity index (χ1v) is 18.4. The van der Waals surface area contributed by atoms with Gasteiger partial charge in [-0.3, -0.25) is 9.59 Å². The number of ether oxygens (including phenoxy) is 1. The van der Waals surface area contributed by atoms with E-state index in [4.69, 9.17) is 4.74 Å². The number of aryl methyl sites for hydroxylation is 1. The van der Waals surface area contributed by atoms with Gasteiger partial charge >= 0.3 is 4.87 Å². The molecule has 10 nitrogen and oxygen atoms in total. The molecule has 4 N–H and O–H groups in total. The van der Waals surface area contributed by atoms with Crippen LogP contribution in [0.4, 0.5) is 0 Å². The molecule has 4 heterocycles. The van der Waals surface area contributed by atoms with Gasteiger partial charge in [-0.15, -0.1) is 11.3 Å². The molecular weight excluding hydrogens is 611 g/mol. The highest BCUT2D eigenvalue weighted by Gasteiger charge is 2.41. The highest BCUT2D eigenvalue weighted by molar-refractivity contribution is 7.16. The molecule has 0 radical (unpaired) electrons. The third kappa shape index (κ3) is 9.14. The van der Waals surface area contributed by atoms with Gasteiger partial charge in [0.2, 0.25) is 0 Å². The number of hydrogen-bond donors (Lipinski definition) is 4. The van der Waals surface area contributed by atoms with Crippen LogP contribution in [0.25, 0.3) is 10.2 Å². The minimum Gasteiger partial charge on any atom is -0.506 e. The fraction of sp³-hybridized carbons (Fsp3) is 0.667. The van der Waals surface area contributed by atoms with Crippen molar-refractivity contribution in [1.82, 2.24) is 25.1 Å². The number of phenols is 1. The number of amides is 1. The standard InChI is InChI=1S/C33H49N5O5S2/c1-2-10-28-35-25(22-44-28)31(41)38-19-20-43-33(23-38)13-17-37(18-14-33)16-9-7-5-3-4-6-8-15-34-21-27(40)24-11-12-26(39)29-30(24)45-32(42)36-29/h11-12,22,27,34,39-40H,2-10,13-21,23H2,1H3,(H,36,42)/t27-/m0/s1. The van der Waals surface area contributed by atoms with Gasteiger partial charge in [-0.2, -0.15) is 0 Å². The number of likely N-dealkylation sites (tertiary alicyclic amines) is 1. The lowest BCUT2D eigenvalue weighted by atomic mass is 9.89. The second kappa shape index (κ2) is 16.5. The second-order valence-corrected chi connectivity index (χ2v) is 14.5. The Labute approximate surface area is 273 Å². The Kier molecular flexibility index (Phi) is 12.4. The monoisotopic (exact) mass is 659 g/mol. The number of unbranched alkanes of at least 4 members (excludes halogenated alkanes) is 6. The summed E-state index contributed by atoms with van der Waals surface area (Å²) in [6, 6.07) is 3.20. The van der Waals surface area contributed by atoms with Crippen LogP contribution in [0.5, 0.6) is 5.75 Å². The average Bonchev–Trinajstić information content (AvgIpc) is 3.68. The minimum atomic E-state index is -0.730. The number of thiazole rings is 2. The van der Waals surface area contributed by atoms with Crippen LogP contribution in [0.2, 0.25) is 0 Å². The highest BCUT2D eigenvalue weighted by atomic mass is 32.1. The van der Waals surface area contributed by atoms with Gasteiger partial charge in [-0.05, 0) is 57.7 Å². The maximum atomic E-state index is 13.1. The summed E-state index contributed by atoms with van der Waals surface area (Å²) >= 11 is 2.61. The van der Waals surface area contributed by atoms with Gasteiger partial charge in [0, 0.05) is 37.1 Å². The maximum absolute atomic E-state index is 13.1. The number of aromatic nitrogens is 2. The van der Waals surface area contributed by atoms with Gasteiger partial charge in [0.15, 0.2) is 0 Å². The lowest BCUT2D eigenvalue weighted by Gasteiger charge is -2.47. The number of nitrogens with one attached hydrogen (secondary N) is 2. The molecule has 2 aliphatic heterocycles. The third-order valence-corrected chi connectivity index (χ3v) is 11.0.